The molecule has 0 radical (unpaired) electrons. The second-order valence-electron chi connectivity index (χ2n) is 5.12. The molecule has 112 valence electrons. The van der Waals surface area contributed by atoms with Gasteiger partial charge < -0.3 is 10.6 Å². The lowest BCUT2D eigenvalue weighted by Gasteiger charge is -2.24. The van der Waals surface area contributed by atoms with Crippen LogP contribution in [-0.2, 0) is 17.9 Å². The van der Waals surface area contributed by atoms with E-state index in [9.17, 15) is 9.18 Å². The van der Waals surface area contributed by atoms with Gasteiger partial charge in [-0.2, -0.15) is 0 Å². The third-order valence-electron chi connectivity index (χ3n) is 3.18. The highest BCUT2D eigenvalue weighted by Gasteiger charge is 2.14. The molecule has 0 aliphatic rings. The van der Waals surface area contributed by atoms with Gasteiger partial charge in [-0.25, -0.2) is 4.39 Å². The average molecular weight is 281 g/mol. The molecule has 5 heteroatoms. The van der Waals surface area contributed by atoms with Crippen LogP contribution in [0.2, 0.25) is 0 Å². The quantitative estimate of drug-likeness (QED) is 0.825. The lowest BCUT2D eigenvalue weighted by Crippen LogP contribution is -2.37. The van der Waals surface area contributed by atoms with E-state index in [1.165, 1.54) is 12.1 Å². The number of carbonyl (C=O) groups excluding carboxylic acids is 1. The lowest BCUT2D eigenvalue weighted by atomic mass is 10.1. The Morgan fingerprint density at radius 3 is 2.55 bits per heavy atom. The van der Waals surface area contributed by atoms with E-state index in [4.69, 9.17) is 5.73 Å². The number of nitrogens with zero attached hydrogens (tertiary/aromatic N) is 2. The molecule has 1 aromatic rings. The Labute approximate surface area is 120 Å². The van der Waals surface area contributed by atoms with Gasteiger partial charge in [-0.15, -0.1) is 0 Å². The summed E-state index contributed by atoms with van der Waals surface area (Å²) in [4.78, 5) is 15.5. The second kappa shape index (κ2) is 7.97. The Morgan fingerprint density at radius 1 is 1.30 bits per heavy atom. The first kappa shape index (κ1) is 16.6. The van der Waals surface area contributed by atoms with Crippen molar-refractivity contribution in [2.75, 3.05) is 27.2 Å². The molecule has 0 bridgehead atoms. The number of rotatable bonds is 7. The Bertz CT molecular complexity index is 449. The van der Waals surface area contributed by atoms with Gasteiger partial charge in [0.05, 0.1) is 6.54 Å². The monoisotopic (exact) mass is 281 g/mol. The van der Waals surface area contributed by atoms with E-state index in [0.717, 1.165) is 24.1 Å². The maximum Gasteiger partial charge on any atom is 0.236 e. The number of halogens is 1. The van der Waals surface area contributed by atoms with Gasteiger partial charge in [0.15, 0.2) is 0 Å². The van der Waals surface area contributed by atoms with Crippen molar-refractivity contribution < 1.29 is 9.18 Å². The molecule has 0 fully saturated rings. The normalized spacial score (nSPS) is 10.9. The number of carbonyl (C=O) groups is 1. The molecule has 1 aromatic carbocycles. The van der Waals surface area contributed by atoms with Crippen LogP contribution in [0.5, 0.6) is 0 Å². The van der Waals surface area contributed by atoms with Crippen molar-refractivity contribution >= 4 is 5.91 Å². The predicted molar refractivity (Wildman–Crippen MR) is 78.6 cm³/mol. The van der Waals surface area contributed by atoms with Crippen LogP contribution < -0.4 is 5.73 Å². The van der Waals surface area contributed by atoms with Gasteiger partial charge in [-0.1, -0.05) is 13.0 Å². The summed E-state index contributed by atoms with van der Waals surface area (Å²) in [5.74, 6) is -0.213. The first-order valence-corrected chi connectivity index (χ1v) is 6.87. The molecular formula is C15H24FN3O. The summed E-state index contributed by atoms with van der Waals surface area (Å²) in [6.07, 6.45) is 0.958. The van der Waals surface area contributed by atoms with Crippen LogP contribution in [-0.4, -0.2) is 42.9 Å². The molecular weight excluding hydrogens is 257 g/mol. The van der Waals surface area contributed by atoms with Crippen LogP contribution >= 0.6 is 0 Å². The van der Waals surface area contributed by atoms with Crippen molar-refractivity contribution in [2.45, 2.75) is 26.4 Å². The van der Waals surface area contributed by atoms with Crippen LogP contribution in [0.4, 0.5) is 4.39 Å². The smallest absolute Gasteiger partial charge is 0.236 e. The van der Waals surface area contributed by atoms with Crippen molar-refractivity contribution in [3.63, 3.8) is 0 Å². The van der Waals surface area contributed by atoms with Crippen LogP contribution in [0.3, 0.4) is 0 Å². The van der Waals surface area contributed by atoms with E-state index >= 15 is 0 Å². The van der Waals surface area contributed by atoms with Crippen molar-refractivity contribution in [1.29, 1.82) is 0 Å². The maximum absolute atomic E-state index is 13.2. The molecule has 20 heavy (non-hydrogen) atoms. The molecule has 0 heterocycles. The third-order valence-corrected chi connectivity index (χ3v) is 3.18. The summed E-state index contributed by atoms with van der Waals surface area (Å²) >= 11 is 0. The average Bonchev–Trinajstić information content (AvgIpc) is 2.40. The molecule has 0 saturated carbocycles. The molecule has 0 spiro atoms. The summed E-state index contributed by atoms with van der Waals surface area (Å²) in [6, 6.07) is 4.65. The summed E-state index contributed by atoms with van der Waals surface area (Å²) in [5.41, 5.74) is 7.43. The van der Waals surface area contributed by atoms with E-state index in [2.05, 4.69) is 11.8 Å². The zero-order chi connectivity index (χ0) is 15.1. The fourth-order valence-corrected chi connectivity index (χ4v) is 2.04. The summed E-state index contributed by atoms with van der Waals surface area (Å²) < 4.78 is 13.2. The molecule has 1 rings (SSSR count). The minimum atomic E-state index is -0.277. The Balaban J connectivity index is 2.82. The molecule has 0 unspecified atom stereocenters. The van der Waals surface area contributed by atoms with Gasteiger partial charge in [-0.05, 0) is 36.2 Å². The molecule has 0 aliphatic heterocycles. The van der Waals surface area contributed by atoms with Crippen molar-refractivity contribution in [1.82, 2.24) is 9.80 Å². The molecule has 2 N–H and O–H groups in total. The highest BCUT2D eigenvalue weighted by Crippen LogP contribution is 2.14. The van der Waals surface area contributed by atoms with Crippen LogP contribution in [0.15, 0.2) is 18.2 Å². The zero-order valence-electron chi connectivity index (χ0n) is 12.5. The molecule has 0 aliphatic carbocycles. The van der Waals surface area contributed by atoms with Crippen LogP contribution in [0.25, 0.3) is 0 Å². The van der Waals surface area contributed by atoms with Gasteiger partial charge in [0, 0.05) is 27.2 Å². The number of nitrogens with two attached hydrogens (primary N) is 1. The van der Waals surface area contributed by atoms with E-state index in [-0.39, 0.29) is 11.7 Å². The first-order chi connectivity index (χ1) is 9.47. The van der Waals surface area contributed by atoms with E-state index in [0.29, 0.717) is 19.6 Å². The summed E-state index contributed by atoms with van der Waals surface area (Å²) in [6.45, 7) is 4.17. The zero-order valence-corrected chi connectivity index (χ0v) is 12.5. The molecule has 1 amide bonds. The van der Waals surface area contributed by atoms with E-state index in [1.54, 1.807) is 25.1 Å². The number of amides is 1. The molecule has 0 saturated heterocycles. The molecule has 0 atom stereocenters. The van der Waals surface area contributed by atoms with Gasteiger partial charge in [0.2, 0.25) is 5.91 Å². The lowest BCUT2D eigenvalue weighted by molar-refractivity contribution is -0.130. The molecule has 4 nitrogen and oxygen atoms in total. The third kappa shape index (κ3) is 4.90. The van der Waals surface area contributed by atoms with Gasteiger partial charge in [-0.3, -0.25) is 9.69 Å². The standard InChI is InChI=1S/C15H24FN3O/c1-4-7-19(11-15(20)18(2)3)10-12-5-6-14(16)8-13(12)9-17/h5-6,8H,4,7,9-11,17H2,1-3H3. The summed E-state index contributed by atoms with van der Waals surface area (Å²) in [5, 5.41) is 0. The van der Waals surface area contributed by atoms with Crippen molar-refractivity contribution in [3.05, 3.63) is 35.1 Å². The highest BCUT2D eigenvalue weighted by molar-refractivity contribution is 5.77. The maximum atomic E-state index is 13.2. The van der Waals surface area contributed by atoms with Gasteiger partial charge in [0.25, 0.3) is 0 Å². The second-order valence-corrected chi connectivity index (χ2v) is 5.12. The van der Waals surface area contributed by atoms with E-state index in [1.807, 2.05) is 0 Å². The topological polar surface area (TPSA) is 49.6 Å². The molecule has 0 aromatic heterocycles. The Morgan fingerprint density at radius 2 is 2.00 bits per heavy atom. The van der Waals surface area contributed by atoms with Crippen molar-refractivity contribution in [2.24, 2.45) is 5.73 Å². The largest absolute Gasteiger partial charge is 0.348 e. The van der Waals surface area contributed by atoms with Crippen molar-refractivity contribution in [3.8, 4) is 0 Å². The number of hydrogen-bond acceptors (Lipinski definition) is 3. The summed E-state index contributed by atoms with van der Waals surface area (Å²) in [7, 11) is 3.49. The number of likely N-dealkylation sites (N-methyl/N-ethyl adjacent to an activating group) is 1. The first-order valence-electron chi connectivity index (χ1n) is 6.87. The Kier molecular flexibility index (Phi) is 6.61. The minimum Gasteiger partial charge on any atom is -0.348 e. The fraction of sp³-hybridized carbons (Fsp3) is 0.533. The van der Waals surface area contributed by atoms with E-state index < -0.39 is 0 Å². The predicted octanol–water partition coefficient (Wildman–Crippen LogP) is 1.58. The fourth-order valence-electron chi connectivity index (χ4n) is 2.04. The minimum absolute atomic E-state index is 0.0647. The van der Waals surface area contributed by atoms with Gasteiger partial charge >= 0.3 is 0 Å². The number of benzene rings is 1. The number of hydrogen-bond donors (Lipinski definition) is 1. The SMILES string of the molecule is CCCN(CC(=O)N(C)C)Cc1ccc(F)cc1CN. The Hall–Kier alpha value is -1.46. The van der Waals surface area contributed by atoms with Crippen LogP contribution in [0.1, 0.15) is 24.5 Å². The van der Waals surface area contributed by atoms with Crippen LogP contribution in [0, 0.1) is 5.82 Å². The highest BCUT2D eigenvalue weighted by atomic mass is 19.1. The van der Waals surface area contributed by atoms with Gasteiger partial charge in [0.1, 0.15) is 5.82 Å².